The van der Waals surface area contributed by atoms with Gasteiger partial charge in [0.25, 0.3) is 5.91 Å². The Labute approximate surface area is 120 Å². The molecule has 1 aromatic heterocycles. The molecule has 0 unspecified atom stereocenters. The molecule has 1 aromatic carbocycles. The molecule has 1 aliphatic heterocycles. The second-order valence-electron chi connectivity index (χ2n) is 4.45. The molecule has 1 amide bonds. The molecule has 6 nitrogen and oxygen atoms in total. The van der Waals surface area contributed by atoms with E-state index in [-0.39, 0.29) is 5.91 Å². The van der Waals surface area contributed by atoms with Gasteiger partial charge in [-0.2, -0.15) is 0 Å². The third kappa shape index (κ3) is 2.20. The van der Waals surface area contributed by atoms with Gasteiger partial charge in [-0.05, 0) is 34.5 Å². The van der Waals surface area contributed by atoms with E-state index in [9.17, 15) is 4.79 Å². The molecule has 0 aliphatic carbocycles. The topological polar surface area (TPSA) is 72.7 Å². The molecule has 2 aromatic rings. The fraction of sp³-hybridized carbons (Fsp3) is 0.231. The van der Waals surface area contributed by atoms with Crippen LogP contribution in [0.2, 0.25) is 0 Å². The number of amides is 1. The SMILES string of the molecule is Cc1c(C(=O)Nc2nnnn2C)ccc2c1SCC=C2. The summed E-state index contributed by atoms with van der Waals surface area (Å²) in [7, 11) is 1.68. The molecule has 102 valence electrons. The number of nitrogens with one attached hydrogen (secondary N) is 1. The van der Waals surface area contributed by atoms with Crippen LogP contribution in [0, 0.1) is 6.92 Å². The van der Waals surface area contributed by atoms with Crippen molar-refractivity contribution in [1.29, 1.82) is 0 Å². The second kappa shape index (κ2) is 5.09. The summed E-state index contributed by atoms with van der Waals surface area (Å²) in [4.78, 5) is 13.5. The van der Waals surface area contributed by atoms with E-state index in [2.05, 4.69) is 33.0 Å². The van der Waals surface area contributed by atoms with E-state index in [1.807, 2.05) is 19.1 Å². The van der Waals surface area contributed by atoms with Crippen LogP contribution in [-0.2, 0) is 7.05 Å². The van der Waals surface area contributed by atoms with Crippen molar-refractivity contribution in [3.05, 3.63) is 34.9 Å². The zero-order valence-corrected chi connectivity index (χ0v) is 11.9. The lowest BCUT2D eigenvalue weighted by Crippen LogP contribution is -2.17. The molecule has 1 N–H and O–H groups in total. The van der Waals surface area contributed by atoms with E-state index in [0.717, 1.165) is 21.8 Å². The van der Waals surface area contributed by atoms with Crippen molar-refractivity contribution in [3.8, 4) is 0 Å². The van der Waals surface area contributed by atoms with Gasteiger partial charge in [0, 0.05) is 23.3 Å². The smallest absolute Gasteiger partial charge is 0.258 e. The van der Waals surface area contributed by atoms with Crippen molar-refractivity contribution in [1.82, 2.24) is 20.2 Å². The number of fused-ring (bicyclic) bond motifs is 1. The van der Waals surface area contributed by atoms with Gasteiger partial charge < -0.3 is 0 Å². The van der Waals surface area contributed by atoms with E-state index in [1.165, 1.54) is 4.68 Å². The molecule has 0 atom stereocenters. The van der Waals surface area contributed by atoms with Crippen molar-refractivity contribution in [2.75, 3.05) is 11.1 Å². The average molecular weight is 287 g/mol. The first kappa shape index (κ1) is 12.9. The second-order valence-corrected chi connectivity index (χ2v) is 5.48. The molecular weight excluding hydrogens is 274 g/mol. The third-order valence-corrected chi connectivity index (χ3v) is 4.34. The Balaban J connectivity index is 1.93. The predicted octanol–water partition coefficient (Wildman–Crippen LogP) is 1.89. The van der Waals surface area contributed by atoms with Crippen LogP contribution in [0.1, 0.15) is 21.5 Å². The summed E-state index contributed by atoms with van der Waals surface area (Å²) in [6, 6.07) is 3.80. The van der Waals surface area contributed by atoms with Gasteiger partial charge in [0.2, 0.25) is 5.95 Å². The number of benzene rings is 1. The molecule has 0 saturated heterocycles. The first-order valence-electron chi connectivity index (χ1n) is 6.13. The average Bonchev–Trinajstić information content (AvgIpc) is 2.85. The number of carbonyl (C=O) groups is 1. The van der Waals surface area contributed by atoms with Gasteiger partial charge >= 0.3 is 0 Å². The molecule has 2 heterocycles. The summed E-state index contributed by atoms with van der Waals surface area (Å²) in [5, 5.41) is 13.6. The Morgan fingerprint density at radius 3 is 3.05 bits per heavy atom. The lowest BCUT2D eigenvalue weighted by atomic mass is 10.0. The van der Waals surface area contributed by atoms with Crippen LogP contribution in [-0.4, -0.2) is 31.9 Å². The fourth-order valence-electron chi connectivity index (χ4n) is 2.09. The lowest BCUT2D eigenvalue weighted by molar-refractivity contribution is 0.102. The van der Waals surface area contributed by atoms with Gasteiger partial charge in [-0.3, -0.25) is 10.1 Å². The Morgan fingerprint density at radius 1 is 1.45 bits per heavy atom. The van der Waals surface area contributed by atoms with Gasteiger partial charge in [0.15, 0.2) is 0 Å². The molecule has 0 saturated carbocycles. The quantitative estimate of drug-likeness (QED) is 0.913. The minimum atomic E-state index is -0.196. The molecule has 20 heavy (non-hydrogen) atoms. The summed E-state index contributed by atoms with van der Waals surface area (Å²) in [5.41, 5.74) is 2.80. The predicted molar refractivity (Wildman–Crippen MR) is 77.7 cm³/mol. The minimum absolute atomic E-state index is 0.196. The zero-order valence-electron chi connectivity index (χ0n) is 11.1. The van der Waals surface area contributed by atoms with Crippen LogP contribution < -0.4 is 5.32 Å². The van der Waals surface area contributed by atoms with Crippen LogP contribution >= 0.6 is 11.8 Å². The normalized spacial score (nSPS) is 13.1. The van der Waals surface area contributed by atoms with Gasteiger partial charge in [-0.15, -0.1) is 11.8 Å². The summed E-state index contributed by atoms with van der Waals surface area (Å²) in [6.07, 6.45) is 4.21. The van der Waals surface area contributed by atoms with Crippen molar-refractivity contribution in [2.24, 2.45) is 7.05 Å². The molecule has 1 aliphatic rings. The van der Waals surface area contributed by atoms with Crippen LogP contribution in [0.25, 0.3) is 6.08 Å². The van der Waals surface area contributed by atoms with Gasteiger partial charge in [0.05, 0.1) is 0 Å². The van der Waals surface area contributed by atoms with Crippen LogP contribution in [0.3, 0.4) is 0 Å². The standard InChI is InChI=1S/C13H13N5OS/c1-8-10(6-5-9-4-3-7-20-11(8)9)12(19)14-13-15-16-17-18(13)2/h3-6H,7H2,1-2H3,(H,14,15,17,19). The van der Waals surface area contributed by atoms with E-state index < -0.39 is 0 Å². The monoisotopic (exact) mass is 287 g/mol. The maximum atomic E-state index is 12.3. The highest BCUT2D eigenvalue weighted by Gasteiger charge is 2.17. The summed E-state index contributed by atoms with van der Waals surface area (Å²) >= 11 is 1.75. The van der Waals surface area contributed by atoms with Crippen LogP contribution in [0.5, 0.6) is 0 Å². The van der Waals surface area contributed by atoms with Crippen molar-refractivity contribution < 1.29 is 4.79 Å². The Kier molecular flexibility index (Phi) is 3.27. The Bertz CT molecular complexity index is 707. The largest absolute Gasteiger partial charge is 0.289 e. The van der Waals surface area contributed by atoms with E-state index >= 15 is 0 Å². The van der Waals surface area contributed by atoms with Gasteiger partial charge in [0.1, 0.15) is 0 Å². The molecule has 0 bridgehead atoms. The van der Waals surface area contributed by atoms with E-state index in [4.69, 9.17) is 0 Å². The highest BCUT2D eigenvalue weighted by Crippen LogP contribution is 2.33. The molecule has 0 spiro atoms. The third-order valence-electron chi connectivity index (χ3n) is 3.15. The number of aryl methyl sites for hydroxylation is 1. The first-order valence-corrected chi connectivity index (χ1v) is 7.12. The van der Waals surface area contributed by atoms with E-state index in [0.29, 0.717) is 11.5 Å². The number of carbonyl (C=O) groups excluding carboxylic acids is 1. The molecule has 7 heteroatoms. The number of nitrogens with zero attached hydrogens (tertiary/aromatic N) is 4. The summed E-state index contributed by atoms with van der Waals surface area (Å²) in [6.45, 7) is 1.97. The van der Waals surface area contributed by atoms with Crippen LogP contribution in [0.15, 0.2) is 23.1 Å². The van der Waals surface area contributed by atoms with Gasteiger partial charge in [-0.25, -0.2) is 4.68 Å². The maximum Gasteiger partial charge on any atom is 0.258 e. The maximum absolute atomic E-state index is 12.3. The van der Waals surface area contributed by atoms with Gasteiger partial charge in [-0.1, -0.05) is 23.3 Å². The zero-order chi connectivity index (χ0) is 14.1. The fourth-order valence-corrected chi connectivity index (χ4v) is 3.08. The van der Waals surface area contributed by atoms with Crippen molar-refractivity contribution in [3.63, 3.8) is 0 Å². The molecule has 0 radical (unpaired) electrons. The number of anilines is 1. The van der Waals surface area contributed by atoms with Crippen molar-refractivity contribution >= 4 is 29.7 Å². The summed E-state index contributed by atoms with van der Waals surface area (Å²) < 4.78 is 1.42. The molecule has 3 rings (SSSR count). The number of rotatable bonds is 2. The Morgan fingerprint density at radius 2 is 2.30 bits per heavy atom. The highest BCUT2D eigenvalue weighted by molar-refractivity contribution is 7.99. The number of hydrogen-bond donors (Lipinski definition) is 1. The first-order chi connectivity index (χ1) is 9.66. The lowest BCUT2D eigenvalue weighted by Gasteiger charge is -2.15. The number of aromatic nitrogens is 4. The Hall–Kier alpha value is -2.15. The highest BCUT2D eigenvalue weighted by atomic mass is 32.2. The van der Waals surface area contributed by atoms with E-state index in [1.54, 1.807) is 18.8 Å². The van der Waals surface area contributed by atoms with Crippen LogP contribution in [0.4, 0.5) is 5.95 Å². The summed E-state index contributed by atoms with van der Waals surface area (Å²) in [5.74, 6) is 1.07. The van der Waals surface area contributed by atoms with Crippen molar-refractivity contribution in [2.45, 2.75) is 11.8 Å². The minimum Gasteiger partial charge on any atom is -0.289 e. The molecular formula is C13H13N5OS. The number of thioether (sulfide) groups is 1. The molecule has 0 fully saturated rings. The number of tetrazole rings is 1. The number of hydrogen-bond acceptors (Lipinski definition) is 5.